The SMILES string of the molecule is CN(C)c1ccc(C(=O)N[C@H](C(=[N+]=[N-])C(=O)OC(C)(C)C)c2ccc(F)cc2)cc1. The summed E-state index contributed by atoms with van der Waals surface area (Å²) in [5.41, 5.74) is 9.86. The van der Waals surface area contributed by atoms with Crippen LogP contribution in [0.3, 0.4) is 0 Å². The van der Waals surface area contributed by atoms with Crippen molar-refractivity contribution < 1.29 is 23.5 Å². The van der Waals surface area contributed by atoms with E-state index < -0.39 is 35.0 Å². The van der Waals surface area contributed by atoms with Gasteiger partial charge in [-0.2, -0.15) is 4.79 Å². The summed E-state index contributed by atoms with van der Waals surface area (Å²) in [5, 5.41) is 2.67. The third-order valence-electron chi connectivity index (χ3n) is 4.11. The van der Waals surface area contributed by atoms with Gasteiger partial charge in [-0.3, -0.25) is 4.79 Å². The molecule has 2 aromatic rings. The van der Waals surface area contributed by atoms with Crippen LogP contribution in [0.5, 0.6) is 0 Å². The largest absolute Gasteiger partial charge is 0.451 e. The molecule has 7 nitrogen and oxygen atoms in total. The summed E-state index contributed by atoms with van der Waals surface area (Å²) in [4.78, 5) is 30.4. The second-order valence-corrected chi connectivity index (χ2v) is 7.89. The number of carbonyl (C=O) groups is 2. The molecule has 0 bridgehead atoms. The number of nitrogens with zero attached hydrogens (tertiary/aromatic N) is 3. The van der Waals surface area contributed by atoms with Crippen LogP contribution in [0.25, 0.3) is 5.53 Å². The molecule has 0 aromatic heterocycles. The van der Waals surface area contributed by atoms with E-state index in [0.29, 0.717) is 11.1 Å². The van der Waals surface area contributed by atoms with Gasteiger partial charge in [-0.15, -0.1) is 0 Å². The third-order valence-corrected chi connectivity index (χ3v) is 4.11. The minimum absolute atomic E-state index is 0.342. The van der Waals surface area contributed by atoms with Gasteiger partial charge in [0, 0.05) is 25.3 Å². The van der Waals surface area contributed by atoms with Gasteiger partial charge in [0.05, 0.1) is 0 Å². The van der Waals surface area contributed by atoms with Crippen molar-refractivity contribution in [2.45, 2.75) is 32.4 Å². The van der Waals surface area contributed by atoms with Gasteiger partial charge >= 0.3 is 11.7 Å². The summed E-state index contributed by atoms with van der Waals surface area (Å²) in [7, 11) is 3.76. The molecule has 0 fully saturated rings. The molecule has 0 saturated carbocycles. The molecule has 0 saturated heterocycles. The highest BCUT2D eigenvalue weighted by Gasteiger charge is 2.37. The highest BCUT2D eigenvalue weighted by molar-refractivity contribution is 6.36. The number of nitrogens with one attached hydrogen (secondary N) is 1. The lowest BCUT2D eigenvalue weighted by Crippen LogP contribution is -2.40. The van der Waals surface area contributed by atoms with Gasteiger partial charge in [-0.1, -0.05) is 12.1 Å². The van der Waals surface area contributed by atoms with Crippen LogP contribution in [0.15, 0.2) is 48.5 Å². The Kier molecular flexibility index (Phi) is 7.08. The van der Waals surface area contributed by atoms with E-state index in [1.54, 1.807) is 45.0 Å². The number of benzene rings is 2. The molecular weight excluding hydrogens is 387 g/mol. The van der Waals surface area contributed by atoms with Crippen molar-refractivity contribution in [1.29, 1.82) is 0 Å². The van der Waals surface area contributed by atoms with Crippen molar-refractivity contribution in [3.05, 3.63) is 71.0 Å². The van der Waals surface area contributed by atoms with Gasteiger partial charge in [-0.05, 0) is 62.7 Å². The summed E-state index contributed by atoms with van der Waals surface area (Å²) < 4.78 is 18.7. The summed E-state index contributed by atoms with van der Waals surface area (Å²) >= 11 is 0. The third kappa shape index (κ3) is 5.99. The zero-order chi connectivity index (χ0) is 22.5. The van der Waals surface area contributed by atoms with Gasteiger partial charge in [0.1, 0.15) is 11.4 Å². The van der Waals surface area contributed by atoms with Gasteiger partial charge < -0.3 is 20.5 Å². The smallest absolute Gasteiger partial charge is 0.420 e. The van der Waals surface area contributed by atoms with Crippen LogP contribution < -0.4 is 10.2 Å². The summed E-state index contributed by atoms with van der Waals surface area (Å²) in [6.07, 6.45) is 0. The van der Waals surface area contributed by atoms with E-state index in [1.807, 2.05) is 19.0 Å². The molecular formula is C22H25FN4O3. The Hall–Kier alpha value is -3.51. The first kappa shape index (κ1) is 22.8. The number of hydrogen-bond acceptors (Lipinski definition) is 4. The molecule has 2 rings (SSSR count). The van der Waals surface area contributed by atoms with Crippen LogP contribution in [0.2, 0.25) is 0 Å². The van der Waals surface area contributed by atoms with E-state index in [9.17, 15) is 19.5 Å². The molecule has 30 heavy (non-hydrogen) atoms. The van der Waals surface area contributed by atoms with Crippen molar-refractivity contribution in [3.8, 4) is 0 Å². The van der Waals surface area contributed by atoms with Gasteiger partial charge in [-0.25, -0.2) is 9.18 Å². The molecule has 1 N–H and O–H groups in total. The second-order valence-electron chi connectivity index (χ2n) is 7.89. The van der Waals surface area contributed by atoms with Gasteiger partial charge in [0.25, 0.3) is 5.91 Å². The molecule has 2 aromatic carbocycles. The molecule has 0 aliphatic rings. The topological polar surface area (TPSA) is 95.0 Å². The summed E-state index contributed by atoms with van der Waals surface area (Å²) in [6, 6.07) is 10.8. The number of halogens is 1. The van der Waals surface area contributed by atoms with Crippen molar-refractivity contribution >= 4 is 23.3 Å². The van der Waals surface area contributed by atoms with Crippen molar-refractivity contribution in [2.75, 3.05) is 19.0 Å². The number of hydrogen-bond donors (Lipinski definition) is 1. The number of rotatable bonds is 6. The second kappa shape index (κ2) is 9.33. The normalized spacial score (nSPS) is 11.8. The minimum atomic E-state index is -1.15. The van der Waals surface area contributed by atoms with Crippen molar-refractivity contribution in [2.24, 2.45) is 0 Å². The maximum atomic E-state index is 13.4. The predicted molar refractivity (Wildman–Crippen MR) is 112 cm³/mol. The fourth-order valence-electron chi connectivity index (χ4n) is 2.64. The lowest BCUT2D eigenvalue weighted by molar-refractivity contribution is -0.151. The summed E-state index contributed by atoms with van der Waals surface area (Å²) in [5.74, 6) is -1.88. The van der Waals surface area contributed by atoms with E-state index in [0.717, 1.165) is 5.69 Å². The maximum Gasteiger partial charge on any atom is 0.420 e. The molecule has 0 aliphatic carbocycles. The van der Waals surface area contributed by atoms with E-state index in [2.05, 4.69) is 10.1 Å². The highest BCUT2D eigenvalue weighted by Crippen LogP contribution is 2.19. The number of ether oxygens (including phenoxy) is 1. The standard InChI is InChI=1S/C22H25FN4O3/c1-22(2,3)30-21(29)19(26-24)18(14-6-10-16(23)11-7-14)25-20(28)15-8-12-17(13-9-15)27(4)5/h6-13,18H,1-5H3,(H,25,28)/t18-/m0/s1. The summed E-state index contributed by atoms with van der Waals surface area (Å²) in [6.45, 7) is 4.99. The van der Waals surface area contributed by atoms with E-state index in [4.69, 9.17) is 4.74 Å². The number of carbonyl (C=O) groups excluding carboxylic acids is 2. The van der Waals surface area contributed by atoms with Crippen LogP contribution >= 0.6 is 0 Å². The fourth-order valence-corrected chi connectivity index (χ4v) is 2.64. The first-order valence-corrected chi connectivity index (χ1v) is 9.31. The monoisotopic (exact) mass is 412 g/mol. The Morgan fingerprint density at radius 1 is 1.07 bits per heavy atom. The Morgan fingerprint density at radius 3 is 2.10 bits per heavy atom. The number of anilines is 1. The molecule has 0 radical (unpaired) electrons. The molecule has 0 heterocycles. The van der Waals surface area contributed by atoms with E-state index >= 15 is 0 Å². The van der Waals surface area contributed by atoms with Crippen LogP contribution in [0, 0.1) is 5.82 Å². The highest BCUT2D eigenvalue weighted by atomic mass is 19.1. The quantitative estimate of drug-likeness (QED) is 0.341. The molecule has 158 valence electrons. The zero-order valence-electron chi connectivity index (χ0n) is 17.6. The van der Waals surface area contributed by atoms with E-state index in [1.165, 1.54) is 24.3 Å². The zero-order valence-corrected chi connectivity index (χ0v) is 17.6. The average molecular weight is 412 g/mol. The molecule has 1 atom stereocenters. The van der Waals surface area contributed by atoms with Gasteiger partial charge in [0.2, 0.25) is 0 Å². The molecule has 0 spiro atoms. The van der Waals surface area contributed by atoms with Crippen molar-refractivity contribution in [3.63, 3.8) is 0 Å². The minimum Gasteiger partial charge on any atom is -0.451 e. The van der Waals surface area contributed by atoms with Crippen LogP contribution in [0.4, 0.5) is 10.1 Å². The van der Waals surface area contributed by atoms with Crippen LogP contribution in [-0.2, 0) is 9.53 Å². The fraction of sp³-hybridized carbons (Fsp3) is 0.318. The van der Waals surface area contributed by atoms with Crippen LogP contribution in [0.1, 0.15) is 42.7 Å². The first-order chi connectivity index (χ1) is 14.0. The van der Waals surface area contributed by atoms with Crippen LogP contribution in [-0.4, -0.2) is 42.1 Å². The lowest BCUT2D eigenvalue weighted by Gasteiger charge is -2.20. The van der Waals surface area contributed by atoms with E-state index in [-0.39, 0.29) is 0 Å². The molecule has 8 heteroatoms. The Morgan fingerprint density at radius 2 is 1.63 bits per heavy atom. The Balaban J connectivity index is 2.38. The Labute approximate surface area is 175 Å². The maximum absolute atomic E-state index is 13.4. The van der Waals surface area contributed by atoms with Crippen molar-refractivity contribution in [1.82, 2.24) is 5.32 Å². The molecule has 0 aliphatic heterocycles. The molecule has 1 amide bonds. The van der Waals surface area contributed by atoms with Gasteiger partial charge in [0.15, 0.2) is 6.04 Å². The Bertz CT molecular complexity index is 957. The average Bonchev–Trinajstić information content (AvgIpc) is 2.67. The predicted octanol–water partition coefficient (Wildman–Crippen LogP) is 3.38. The number of esters is 1. The first-order valence-electron chi connectivity index (χ1n) is 9.31. The number of amides is 1. The lowest BCUT2D eigenvalue weighted by atomic mass is 10.0. The molecule has 0 unspecified atom stereocenters.